The molecular weight excluding hydrogens is 252 g/mol. The lowest BCUT2D eigenvalue weighted by atomic mass is 10.2. The number of carboxylic acid groups (broad SMARTS) is 1. The Morgan fingerprint density at radius 2 is 1.55 bits per heavy atom. The molecule has 0 aliphatic carbocycles. The number of allylic oxidation sites excluding steroid dienone is 2. The predicted octanol–water partition coefficient (Wildman–Crippen LogP) is 3.75. The van der Waals surface area contributed by atoms with Crippen molar-refractivity contribution in [3.63, 3.8) is 0 Å². The molecule has 2 rings (SSSR count). The van der Waals surface area contributed by atoms with E-state index in [1.54, 1.807) is 30.3 Å². The summed E-state index contributed by atoms with van der Waals surface area (Å²) in [5, 5.41) is 9.10. The van der Waals surface area contributed by atoms with Crippen LogP contribution in [0.1, 0.15) is 5.56 Å². The molecular formula is C17H14O3. The van der Waals surface area contributed by atoms with E-state index < -0.39 is 5.97 Å². The quantitative estimate of drug-likeness (QED) is 0.509. The SMILES string of the molecule is O=C(O)C(=CC=Cc1ccccc1)Oc1ccccc1. The molecule has 1 N–H and O–H groups in total. The number of rotatable bonds is 5. The largest absolute Gasteiger partial charge is 0.475 e. The van der Waals surface area contributed by atoms with E-state index in [1.807, 2.05) is 42.5 Å². The van der Waals surface area contributed by atoms with E-state index in [0.29, 0.717) is 5.75 Å². The third-order valence-corrected chi connectivity index (χ3v) is 2.52. The summed E-state index contributed by atoms with van der Waals surface area (Å²) in [7, 11) is 0. The summed E-state index contributed by atoms with van der Waals surface area (Å²) in [6.07, 6.45) is 4.90. The van der Waals surface area contributed by atoms with Gasteiger partial charge in [-0.1, -0.05) is 60.7 Å². The van der Waals surface area contributed by atoms with Crippen molar-refractivity contribution in [2.45, 2.75) is 0 Å². The number of aliphatic carboxylic acids is 1. The predicted molar refractivity (Wildman–Crippen MR) is 78.3 cm³/mol. The van der Waals surface area contributed by atoms with Gasteiger partial charge in [-0.2, -0.15) is 0 Å². The maximum Gasteiger partial charge on any atom is 0.371 e. The Morgan fingerprint density at radius 1 is 0.950 bits per heavy atom. The van der Waals surface area contributed by atoms with Crippen molar-refractivity contribution in [3.05, 3.63) is 84.1 Å². The summed E-state index contributed by atoms with van der Waals surface area (Å²) in [5.74, 6) is -0.732. The molecule has 0 saturated carbocycles. The molecule has 0 aliphatic heterocycles. The number of benzene rings is 2. The van der Waals surface area contributed by atoms with Gasteiger partial charge in [0.15, 0.2) is 0 Å². The maximum absolute atomic E-state index is 11.1. The highest BCUT2D eigenvalue weighted by atomic mass is 16.5. The van der Waals surface area contributed by atoms with Crippen molar-refractivity contribution >= 4 is 12.0 Å². The van der Waals surface area contributed by atoms with Crippen molar-refractivity contribution in [2.24, 2.45) is 0 Å². The molecule has 0 amide bonds. The molecule has 0 saturated heterocycles. The van der Waals surface area contributed by atoms with Crippen LogP contribution >= 0.6 is 0 Å². The maximum atomic E-state index is 11.1. The molecule has 20 heavy (non-hydrogen) atoms. The van der Waals surface area contributed by atoms with Crippen LogP contribution in [0.15, 0.2) is 78.6 Å². The third kappa shape index (κ3) is 4.14. The van der Waals surface area contributed by atoms with Gasteiger partial charge < -0.3 is 9.84 Å². The van der Waals surface area contributed by atoms with E-state index in [9.17, 15) is 4.79 Å². The van der Waals surface area contributed by atoms with Crippen LogP contribution in [0.4, 0.5) is 0 Å². The Morgan fingerprint density at radius 3 is 2.15 bits per heavy atom. The van der Waals surface area contributed by atoms with E-state index in [4.69, 9.17) is 9.84 Å². The normalized spacial score (nSPS) is 11.5. The monoisotopic (exact) mass is 266 g/mol. The number of hydrogen-bond acceptors (Lipinski definition) is 2. The van der Waals surface area contributed by atoms with Crippen LogP contribution in [-0.4, -0.2) is 11.1 Å². The van der Waals surface area contributed by atoms with Crippen LogP contribution in [0.3, 0.4) is 0 Å². The smallest absolute Gasteiger partial charge is 0.371 e. The lowest BCUT2D eigenvalue weighted by molar-refractivity contribution is -0.135. The zero-order valence-electron chi connectivity index (χ0n) is 10.8. The number of carboxylic acids is 1. The number of ether oxygens (including phenoxy) is 1. The highest BCUT2D eigenvalue weighted by molar-refractivity contribution is 5.85. The fourth-order valence-corrected chi connectivity index (χ4v) is 1.58. The average molecular weight is 266 g/mol. The van der Waals surface area contributed by atoms with Crippen LogP contribution in [0.25, 0.3) is 6.08 Å². The van der Waals surface area contributed by atoms with Crippen LogP contribution in [0, 0.1) is 0 Å². The Balaban J connectivity index is 2.11. The molecule has 0 radical (unpaired) electrons. The standard InChI is InChI=1S/C17H14O3/c18-17(19)16(20-15-11-5-2-6-12-15)13-7-10-14-8-3-1-4-9-14/h1-13H,(H,18,19). The average Bonchev–Trinajstić information content (AvgIpc) is 2.48. The van der Waals surface area contributed by atoms with Crippen LogP contribution in [-0.2, 0) is 4.79 Å². The Kier molecular flexibility index (Phi) is 4.73. The summed E-state index contributed by atoms with van der Waals surface area (Å²) >= 11 is 0. The summed E-state index contributed by atoms with van der Waals surface area (Å²) in [6.45, 7) is 0. The molecule has 100 valence electrons. The first kappa shape index (κ1) is 13.6. The Hall–Kier alpha value is -2.81. The van der Waals surface area contributed by atoms with Gasteiger partial charge >= 0.3 is 5.97 Å². The van der Waals surface area contributed by atoms with Crippen molar-refractivity contribution in [1.29, 1.82) is 0 Å². The van der Waals surface area contributed by atoms with Gasteiger partial charge in [-0.05, 0) is 23.8 Å². The van der Waals surface area contributed by atoms with Gasteiger partial charge in [-0.15, -0.1) is 0 Å². The summed E-state index contributed by atoms with van der Waals surface area (Å²) < 4.78 is 5.32. The highest BCUT2D eigenvalue weighted by Crippen LogP contribution is 2.13. The molecule has 0 fully saturated rings. The molecule has 0 unspecified atom stereocenters. The van der Waals surface area contributed by atoms with Gasteiger partial charge in [0, 0.05) is 0 Å². The molecule has 0 bridgehead atoms. The molecule has 3 heteroatoms. The van der Waals surface area contributed by atoms with E-state index in [-0.39, 0.29) is 5.76 Å². The van der Waals surface area contributed by atoms with E-state index in [2.05, 4.69) is 0 Å². The van der Waals surface area contributed by atoms with Crippen LogP contribution in [0.2, 0.25) is 0 Å². The minimum absolute atomic E-state index is 0.122. The van der Waals surface area contributed by atoms with Gasteiger partial charge in [0.1, 0.15) is 5.75 Å². The fourth-order valence-electron chi connectivity index (χ4n) is 1.58. The highest BCUT2D eigenvalue weighted by Gasteiger charge is 2.08. The minimum atomic E-state index is -1.11. The van der Waals surface area contributed by atoms with Crippen molar-refractivity contribution in [3.8, 4) is 5.75 Å². The zero-order valence-corrected chi connectivity index (χ0v) is 10.8. The van der Waals surface area contributed by atoms with Gasteiger partial charge in [-0.25, -0.2) is 4.79 Å². The van der Waals surface area contributed by atoms with E-state index in [0.717, 1.165) is 5.56 Å². The zero-order chi connectivity index (χ0) is 14.2. The topological polar surface area (TPSA) is 46.5 Å². The van der Waals surface area contributed by atoms with E-state index in [1.165, 1.54) is 6.08 Å². The molecule has 3 nitrogen and oxygen atoms in total. The molecule has 0 aliphatic rings. The van der Waals surface area contributed by atoms with Crippen LogP contribution in [0.5, 0.6) is 5.75 Å². The molecule has 0 heterocycles. The van der Waals surface area contributed by atoms with Crippen molar-refractivity contribution in [2.75, 3.05) is 0 Å². The first-order valence-corrected chi connectivity index (χ1v) is 6.15. The van der Waals surface area contributed by atoms with Gasteiger partial charge in [0.25, 0.3) is 0 Å². The summed E-state index contributed by atoms with van der Waals surface area (Å²) in [5.41, 5.74) is 0.994. The Bertz CT molecular complexity index is 613. The van der Waals surface area contributed by atoms with Crippen molar-refractivity contribution in [1.82, 2.24) is 0 Å². The van der Waals surface area contributed by atoms with Gasteiger partial charge in [0.05, 0.1) is 0 Å². The molecule has 0 spiro atoms. The number of hydrogen-bond donors (Lipinski definition) is 1. The van der Waals surface area contributed by atoms with Crippen LogP contribution < -0.4 is 4.74 Å². The number of para-hydroxylation sites is 1. The fraction of sp³-hybridized carbons (Fsp3) is 0. The first-order chi connectivity index (χ1) is 9.75. The Labute approximate surface area is 117 Å². The lowest BCUT2D eigenvalue weighted by Gasteiger charge is -2.04. The molecule has 2 aromatic rings. The first-order valence-electron chi connectivity index (χ1n) is 6.15. The van der Waals surface area contributed by atoms with Gasteiger partial charge in [0.2, 0.25) is 5.76 Å². The minimum Gasteiger partial charge on any atom is -0.475 e. The summed E-state index contributed by atoms with van der Waals surface area (Å²) in [6, 6.07) is 18.5. The molecule has 0 atom stereocenters. The molecule has 2 aromatic carbocycles. The second-order valence-electron chi connectivity index (χ2n) is 4.02. The van der Waals surface area contributed by atoms with Crippen molar-refractivity contribution < 1.29 is 14.6 Å². The van der Waals surface area contributed by atoms with E-state index >= 15 is 0 Å². The second kappa shape index (κ2) is 6.95. The third-order valence-electron chi connectivity index (χ3n) is 2.52. The van der Waals surface area contributed by atoms with Gasteiger partial charge in [-0.3, -0.25) is 0 Å². The number of carbonyl (C=O) groups is 1. The second-order valence-corrected chi connectivity index (χ2v) is 4.02. The summed E-state index contributed by atoms with van der Waals surface area (Å²) in [4.78, 5) is 11.1. The molecule has 0 aromatic heterocycles. The lowest BCUT2D eigenvalue weighted by Crippen LogP contribution is -2.07.